The Labute approximate surface area is 737 Å². The summed E-state index contributed by atoms with van der Waals surface area (Å²) in [5, 5.41) is 0. The molecule has 0 saturated heterocycles. The number of rotatable bonds is 11. The standard InChI is InChI=1S/3C18H14N.C17H12N.C12H10N.2C11H8N.4Ir/c2*1-14-12-18(16-10-6-3-7-11-16)19-13-17(14)15-8-4-2-5-9-15;1-14-17(15-8-4-2-5-9-15)12-13-18(19-14)16-10-6-3-7-11-16;1-3-7-14(8-4-1)16-11-12-17(18-13-16)15-9-5-2-6-10-15;1-10-6-5-9-13-12(10)11-7-3-2-4-8-11;2*1-2-6-10(7-3-1)11-8-4-5-9-12-11;;;;/h3*2-10,12-13H,1H3;1-9,11-13H;2-7,9H,1H3;2*1-6,8-9H;;;;/q7*-1;;;;. The van der Waals surface area contributed by atoms with Gasteiger partial charge in [0.25, 0.3) is 0 Å². The zero-order chi connectivity index (χ0) is 77.0. The van der Waals surface area contributed by atoms with Crippen molar-refractivity contribution in [2.24, 2.45) is 0 Å². The molecule has 578 valence electrons. The summed E-state index contributed by atoms with van der Waals surface area (Å²) in [6.07, 6.45) is 11.2. The molecule has 0 amide bonds. The number of benzene rings is 11. The van der Waals surface area contributed by atoms with E-state index in [2.05, 4.69) is 190 Å². The smallest absolute Gasteiger partial charge is 0.0344 e. The van der Waals surface area contributed by atoms with Crippen molar-refractivity contribution in [3.05, 3.63) is 478 Å². The van der Waals surface area contributed by atoms with Crippen LogP contribution in [0.25, 0.3) is 123 Å². The molecule has 0 spiro atoms. The first-order valence-corrected chi connectivity index (χ1v) is 36.9. The predicted molar refractivity (Wildman–Crippen MR) is 460 cm³/mol. The molecule has 7 nitrogen and oxygen atoms in total. The van der Waals surface area contributed by atoms with Gasteiger partial charge >= 0.3 is 0 Å². The van der Waals surface area contributed by atoms with Crippen molar-refractivity contribution in [1.82, 2.24) is 34.9 Å². The van der Waals surface area contributed by atoms with Crippen molar-refractivity contribution in [1.29, 1.82) is 0 Å². The van der Waals surface area contributed by atoms with E-state index < -0.39 is 0 Å². The molecular formula is C105H80Ir4N7-7. The minimum absolute atomic E-state index is 0. The number of pyridine rings is 7. The van der Waals surface area contributed by atoms with Gasteiger partial charge < -0.3 is 34.9 Å². The molecule has 0 fully saturated rings. The molecule has 0 unspecified atom stereocenters. The molecule has 0 aliphatic rings. The average Bonchev–Trinajstić information content (AvgIpc) is 0.823. The quantitative estimate of drug-likeness (QED) is 0.119. The second-order valence-electron chi connectivity index (χ2n) is 25.5. The summed E-state index contributed by atoms with van der Waals surface area (Å²) < 4.78 is 0. The molecule has 11 aromatic carbocycles. The van der Waals surface area contributed by atoms with Crippen molar-refractivity contribution >= 4 is 0 Å². The molecule has 18 aromatic rings. The number of hydrogen-bond donors (Lipinski definition) is 0. The van der Waals surface area contributed by atoms with Gasteiger partial charge in [-0.1, -0.05) is 194 Å². The molecule has 0 aliphatic heterocycles. The molecule has 4 radical (unpaired) electrons. The number of aryl methyl sites for hydroxylation is 4. The maximum atomic E-state index is 4.69. The number of aromatic nitrogens is 7. The Morgan fingerprint density at radius 1 is 0.198 bits per heavy atom. The SMILES string of the molecule is Cc1cc(-c2[c-]cccc2)ncc1-c1ccccc1.Cc1cc(-c2[c-]cccc2)ncc1-c1ccccc1.Cc1cccnc1-c1[c-]cccc1.Cc1nc(-c2[c-]cccc2)ccc1-c1ccccc1.[Ir].[Ir].[Ir].[Ir].[c-]1ccccc1-c1ccc(-c2ccccc2)cn1.[c-]1ccccc1-c1ccccn1.[c-]1ccccc1-c1ccccn1. The predicted octanol–water partition coefficient (Wildman–Crippen LogP) is 25.7. The van der Waals surface area contributed by atoms with Crippen LogP contribution in [0.15, 0.2) is 413 Å². The fraction of sp³-hybridized carbons (Fsp3) is 0.0381. The van der Waals surface area contributed by atoms with E-state index in [4.69, 9.17) is 0 Å². The second-order valence-corrected chi connectivity index (χ2v) is 25.5. The van der Waals surface area contributed by atoms with Crippen LogP contribution >= 0.6 is 0 Å². The van der Waals surface area contributed by atoms with E-state index in [0.29, 0.717) is 0 Å². The maximum Gasteiger partial charge on any atom is 0.0344 e. The third-order valence-corrected chi connectivity index (χ3v) is 17.6. The summed E-state index contributed by atoms with van der Waals surface area (Å²) in [5.41, 5.74) is 28.2. The Morgan fingerprint density at radius 2 is 0.509 bits per heavy atom. The average molecular weight is 2210 g/mol. The third kappa shape index (κ3) is 27.1. The Kier molecular flexibility index (Phi) is 37.8. The molecule has 0 atom stereocenters. The first kappa shape index (κ1) is 89.6. The number of nitrogens with zero attached hydrogens (tertiary/aromatic N) is 7. The van der Waals surface area contributed by atoms with Gasteiger partial charge in [0, 0.05) is 140 Å². The molecule has 11 heteroatoms. The summed E-state index contributed by atoms with van der Waals surface area (Å²) in [7, 11) is 0. The Hall–Kier alpha value is -11.9. The molecule has 0 aliphatic carbocycles. The zero-order valence-electron chi connectivity index (χ0n) is 64.2. The molecule has 7 aromatic heterocycles. The fourth-order valence-corrected chi connectivity index (χ4v) is 11.9. The van der Waals surface area contributed by atoms with Gasteiger partial charge in [0.05, 0.1) is 0 Å². The summed E-state index contributed by atoms with van der Waals surface area (Å²) in [4.78, 5) is 31.0. The van der Waals surface area contributed by atoms with Crippen LogP contribution < -0.4 is 0 Å². The summed E-state index contributed by atoms with van der Waals surface area (Å²) >= 11 is 0. The van der Waals surface area contributed by atoms with Gasteiger partial charge in [-0.05, 0) is 125 Å². The van der Waals surface area contributed by atoms with Crippen molar-refractivity contribution in [2.45, 2.75) is 27.7 Å². The van der Waals surface area contributed by atoms with Crippen LogP contribution in [-0.4, -0.2) is 34.9 Å². The van der Waals surface area contributed by atoms with E-state index in [1.54, 1.807) is 12.4 Å². The Balaban J connectivity index is 0.000000169. The second kappa shape index (κ2) is 49.0. The Bertz CT molecular complexity index is 5230. The van der Waals surface area contributed by atoms with Gasteiger partial charge in [-0.15, -0.1) is 251 Å². The van der Waals surface area contributed by atoms with Gasteiger partial charge in [0.15, 0.2) is 0 Å². The van der Waals surface area contributed by atoms with E-state index in [1.807, 2.05) is 316 Å². The van der Waals surface area contributed by atoms with E-state index in [0.717, 1.165) is 90.1 Å². The molecule has 0 N–H and O–H groups in total. The van der Waals surface area contributed by atoms with Gasteiger partial charge in [-0.3, -0.25) is 0 Å². The van der Waals surface area contributed by atoms with Gasteiger partial charge in [-0.2, -0.15) is 0 Å². The molecule has 0 bridgehead atoms. The van der Waals surface area contributed by atoms with Crippen LogP contribution in [-0.2, 0) is 80.4 Å². The summed E-state index contributed by atoms with van der Waals surface area (Å²) in [6.45, 7) is 8.35. The van der Waals surface area contributed by atoms with Gasteiger partial charge in [0.2, 0.25) is 0 Å². The number of hydrogen-bond acceptors (Lipinski definition) is 7. The molecule has 7 heterocycles. The first-order chi connectivity index (χ1) is 55.3. The Morgan fingerprint density at radius 3 is 0.836 bits per heavy atom. The van der Waals surface area contributed by atoms with Crippen LogP contribution in [0.4, 0.5) is 0 Å². The summed E-state index contributed by atoms with van der Waals surface area (Å²) in [5.74, 6) is 0. The van der Waals surface area contributed by atoms with Crippen LogP contribution in [0.5, 0.6) is 0 Å². The van der Waals surface area contributed by atoms with E-state index in [-0.39, 0.29) is 80.4 Å². The molecule has 18 rings (SSSR count). The van der Waals surface area contributed by atoms with Crippen molar-refractivity contribution < 1.29 is 80.4 Å². The summed E-state index contributed by atoms with van der Waals surface area (Å²) in [6, 6.07) is 147. The van der Waals surface area contributed by atoms with E-state index in [9.17, 15) is 0 Å². The first-order valence-electron chi connectivity index (χ1n) is 36.9. The largest absolute Gasteiger partial charge is 0.305 e. The molecule has 116 heavy (non-hydrogen) atoms. The van der Waals surface area contributed by atoms with Crippen molar-refractivity contribution in [2.75, 3.05) is 0 Å². The maximum absolute atomic E-state index is 4.69. The van der Waals surface area contributed by atoms with Crippen LogP contribution in [0.2, 0.25) is 0 Å². The van der Waals surface area contributed by atoms with Crippen LogP contribution in [0.3, 0.4) is 0 Å². The van der Waals surface area contributed by atoms with Crippen LogP contribution in [0.1, 0.15) is 22.4 Å². The minimum Gasteiger partial charge on any atom is -0.305 e. The van der Waals surface area contributed by atoms with E-state index in [1.165, 1.54) is 55.6 Å². The van der Waals surface area contributed by atoms with Gasteiger partial charge in [-0.25, -0.2) is 0 Å². The van der Waals surface area contributed by atoms with Crippen molar-refractivity contribution in [3.8, 4) is 123 Å². The van der Waals surface area contributed by atoms with E-state index >= 15 is 0 Å². The monoisotopic (exact) mass is 2210 g/mol. The fourth-order valence-electron chi connectivity index (χ4n) is 11.9. The molecule has 0 saturated carbocycles. The normalized spacial score (nSPS) is 9.79. The minimum atomic E-state index is 0. The third-order valence-electron chi connectivity index (χ3n) is 17.6. The van der Waals surface area contributed by atoms with Gasteiger partial charge in [0.1, 0.15) is 0 Å². The zero-order valence-corrected chi connectivity index (χ0v) is 73.8. The van der Waals surface area contributed by atoms with Crippen molar-refractivity contribution in [3.63, 3.8) is 0 Å². The molecular weight excluding hydrogens is 2130 g/mol. The van der Waals surface area contributed by atoms with Crippen LogP contribution in [0, 0.1) is 70.2 Å². The topological polar surface area (TPSA) is 90.2 Å².